The van der Waals surface area contributed by atoms with Gasteiger partial charge in [-0.2, -0.15) is 0 Å². The van der Waals surface area contributed by atoms with E-state index in [2.05, 4.69) is 57.3 Å². The Balaban J connectivity index is 1.94. The molecule has 1 aromatic rings. The van der Waals surface area contributed by atoms with Crippen LogP contribution in [-0.2, 0) is 0 Å². The summed E-state index contributed by atoms with van der Waals surface area (Å²) in [6.07, 6.45) is 4.08. The minimum Gasteiger partial charge on any atom is -0.307 e. The maximum Gasteiger partial charge on any atom is 0.0294 e. The third-order valence-electron chi connectivity index (χ3n) is 4.47. The van der Waals surface area contributed by atoms with Gasteiger partial charge in [-0.1, -0.05) is 43.7 Å². The number of aryl methyl sites for hydroxylation is 1. The van der Waals surface area contributed by atoms with Crippen LogP contribution in [0.1, 0.15) is 57.2 Å². The highest BCUT2D eigenvalue weighted by Gasteiger charge is 2.26. The van der Waals surface area contributed by atoms with Gasteiger partial charge in [0.1, 0.15) is 0 Å². The summed E-state index contributed by atoms with van der Waals surface area (Å²) in [7, 11) is 0. The Morgan fingerprint density at radius 1 is 1.11 bits per heavy atom. The molecule has 1 saturated carbocycles. The number of nitrogens with one attached hydrogen (secondary N) is 1. The normalized spacial score (nSPS) is 30.1. The zero-order valence-corrected chi connectivity index (χ0v) is 12.2. The Kier molecular flexibility index (Phi) is 4.45. The number of rotatable bonds is 3. The Hall–Kier alpha value is -0.820. The van der Waals surface area contributed by atoms with Crippen molar-refractivity contribution in [3.05, 3.63) is 35.4 Å². The third-order valence-corrected chi connectivity index (χ3v) is 4.47. The van der Waals surface area contributed by atoms with Crippen LogP contribution in [0.3, 0.4) is 0 Å². The molecule has 1 fully saturated rings. The molecule has 0 heterocycles. The summed E-state index contributed by atoms with van der Waals surface area (Å²) >= 11 is 0. The Bertz CT molecular complexity index is 368. The van der Waals surface area contributed by atoms with Crippen LogP contribution in [0.25, 0.3) is 0 Å². The summed E-state index contributed by atoms with van der Waals surface area (Å²) in [6, 6.07) is 10.1. The van der Waals surface area contributed by atoms with Gasteiger partial charge >= 0.3 is 0 Å². The van der Waals surface area contributed by atoms with Gasteiger partial charge in [-0.15, -0.1) is 0 Å². The Morgan fingerprint density at radius 2 is 1.78 bits per heavy atom. The van der Waals surface area contributed by atoms with E-state index < -0.39 is 0 Å². The predicted octanol–water partition coefficient (Wildman–Crippen LogP) is 4.47. The summed E-state index contributed by atoms with van der Waals surface area (Å²) in [5.41, 5.74) is 2.75. The Morgan fingerprint density at radius 3 is 2.39 bits per heavy atom. The summed E-state index contributed by atoms with van der Waals surface area (Å²) in [4.78, 5) is 0. The van der Waals surface area contributed by atoms with Crippen molar-refractivity contribution in [3.8, 4) is 0 Å². The molecule has 4 atom stereocenters. The fourth-order valence-corrected chi connectivity index (χ4v) is 3.19. The second-order valence-corrected chi connectivity index (χ2v) is 6.30. The summed E-state index contributed by atoms with van der Waals surface area (Å²) in [5.74, 6) is 1.72. The topological polar surface area (TPSA) is 12.0 Å². The van der Waals surface area contributed by atoms with Crippen molar-refractivity contribution in [2.75, 3.05) is 0 Å². The number of hydrogen-bond donors (Lipinski definition) is 1. The predicted molar refractivity (Wildman–Crippen MR) is 78.7 cm³/mol. The van der Waals surface area contributed by atoms with Crippen molar-refractivity contribution >= 4 is 0 Å². The standard InChI is InChI=1S/C17H27N/c1-12-5-8-16(9-6-12)15(4)18-17-10-7-13(2)11-14(17)3/h5-6,8-9,13-15,17-18H,7,10-11H2,1-4H3/t13?,14?,15-,17?/m1/s1. The van der Waals surface area contributed by atoms with Gasteiger partial charge in [-0.3, -0.25) is 0 Å². The molecule has 0 aliphatic heterocycles. The summed E-state index contributed by atoms with van der Waals surface area (Å²) in [5, 5.41) is 3.82. The van der Waals surface area contributed by atoms with Gasteiger partial charge < -0.3 is 5.32 Å². The molecule has 0 radical (unpaired) electrons. The highest BCUT2D eigenvalue weighted by atomic mass is 15.0. The first-order valence-electron chi connectivity index (χ1n) is 7.39. The highest BCUT2D eigenvalue weighted by Crippen LogP contribution is 2.30. The van der Waals surface area contributed by atoms with Gasteiger partial charge in [0.05, 0.1) is 0 Å². The molecule has 3 unspecified atom stereocenters. The maximum absolute atomic E-state index is 3.82. The van der Waals surface area contributed by atoms with Crippen LogP contribution >= 0.6 is 0 Å². The van der Waals surface area contributed by atoms with Gasteiger partial charge in [0.25, 0.3) is 0 Å². The van der Waals surface area contributed by atoms with Crippen LogP contribution in [0.5, 0.6) is 0 Å². The van der Waals surface area contributed by atoms with Crippen molar-refractivity contribution in [2.24, 2.45) is 11.8 Å². The van der Waals surface area contributed by atoms with E-state index >= 15 is 0 Å². The third kappa shape index (κ3) is 3.35. The van der Waals surface area contributed by atoms with Gasteiger partial charge in [0.2, 0.25) is 0 Å². The van der Waals surface area contributed by atoms with E-state index in [0.29, 0.717) is 12.1 Å². The average Bonchev–Trinajstić information content (AvgIpc) is 2.33. The molecule has 0 saturated heterocycles. The molecule has 0 aromatic heterocycles. The van der Waals surface area contributed by atoms with E-state index in [1.807, 2.05) is 0 Å². The largest absolute Gasteiger partial charge is 0.307 e. The minimum atomic E-state index is 0.464. The molecule has 1 aromatic carbocycles. The molecule has 18 heavy (non-hydrogen) atoms. The molecule has 1 aliphatic carbocycles. The van der Waals surface area contributed by atoms with Crippen LogP contribution in [0.15, 0.2) is 24.3 Å². The zero-order valence-electron chi connectivity index (χ0n) is 12.2. The Labute approximate surface area is 112 Å². The molecule has 100 valence electrons. The maximum atomic E-state index is 3.82. The highest BCUT2D eigenvalue weighted by molar-refractivity contribution is 5.23. The molecule has 1 nitrogen and oxygen atoms in total. The van der Waals surface area contributed by atoms with Crippen LogP contribution in [0.4, 0.5) is 0 Å². The van der Waals surface area contributed by atoms with E-state index in [1.54, 1.807) is 0 Å². The molecule has 2 rings (SSSR count). The second kappa shape index (κ2) is 5.88. The van der Waals surface area contributed by atoms with Gasteiger partial charge in [0, 0.05) is 12.1 Å². The second-order valence-electron chi connectivity index (χ2n) is 6.30. The van der Waals surface area contributed by atoms with E-state index in [1.165, 1.54) is 30.4 Å². The van der Waals surface area contributed by atoms with Crippen molar-refractivity contribution < 1.29 is 0 Å². The SMILES string of the molecule is Cc1ccc([C@@H](C)NC2CCC(C)CC2C)cc1. The first-order valence-corrected chi connectivity index (χ1v) is 7.39. The van der Waals surface area contributed by atoms with Crippen molar-refractivity contribution in [2.45, 2.75) is 59.0 Å². The van der Waals surface area contributed by atoms with E-state index in [0.717, 1.165) is 11.8 Å². The fraction of sp³-hybridized carbons (Fsp3) is 0.647. The first kappa shape index (κ1) is 13.6. The number of hydrogen-bond acceptors (Lipinski definition) is 1. The molecule has 1 heteroatoms. The van der Waals surface area contributed by atoms with Crippen molar-refractivity contribution in [1.82, 2.24) is 5.32 Å². The van der Waals surface area contributed by atoms with Crippen LogP contribution in [0, 0.1) is 18.8 Å². The van der Waals surface area contributed by atoms with Crippen LogP contribution < -0.4 is 5.32 Å². The lowest BCUT2D eigenvalue weighted by atomic mass is 9.79. The molecule has 1 aliphatic rings. The first-order chi connectivity index (χ1) is 8.56. The zero-order chi connectivity index (χ0) is 13.1. The molecule has 0 spiro atoms. The van der Waals surface area contributed by atoms with Gasteiger partial charge in [-0.05, 0) is 50.5 Å². The molecular weight excluding hydrogens is 218 g/mol. The van der Waals surface area contributed by atoms with Crippen LogP contribution in [-0.4, -0.2) is 6.04 Å². The van der Waals surface area contributed by atoms with E-state index in [9.17, 15) is 0 Å². The van der Waals surface area contributed by atoms with Gasteiger partial charge in [-0.25, -0.2) is 0 Å². The monoisotopic (exact) mass is 245 g/mol. The average molecular weight is 245 g/mol. The van der Waals surface area contributed by atoms with Crippen molar-refractivity contribution in [3.63, 3.8) is 0 Å². The molecule has 1 N–H and O–H groups in total. The summed E-state index contributed by atoms with van der Waals surface area (Å²) < 4.78 is 0. The number of benzene rings is 1. The fourth-order valence-electron chi connectivity index (χ4n) is 3.19. The molecular formula is C17H27N. The van der Waals surface area contributed by atoms with Crippen molar-refractivity contribution in [1.29, 1.82) is 0 Å². The lowest BCUT2D eigenvalue weighted by Gasteiger charge is -2.35. The minimum absolute atomic E-state index is 0.464. The van der Waals surface area contributed by atoms with Crippen LogP contribution in [0.2, 0.25) is 0 Å². The summed E-state index contributed by atoms with van der Waals surface area (Å²) in [6.45, 7) is 9.22. The smallest absolute Gasteiger partial charge is 0.0294 e. The quantitative estimate of drug-likeness (QED) is 0.828. The van der Waals surface area contributed by atoms with E-state index in [-0.39, 0.29) is 0 Å². The lowest BCUT2D eigenvalue weighted by Crippen LogP contribution is -2.40. The van der Waals surface area contributed by atoms with E-state index in [4.69, 9.17) is 0 Å². The lowest BCUT2D eigenvalue weighted by molar-refractivity contribution is 0.216. The molecule has 0 bridgehead atoms. The molecule has 0 amide bonds. The van der Waals surface area contributed by atoms with Gasteiger partial charge in [0.15, 0.2) is 0 Å².